The molecule has 0 saturated heterocycles. The van der Waals surface area contributed by atoms with E-state index in [0.29, 0.717) is 16.4 Å². The Balaban J connectivity index is 1.72. The fourth-order valence-electron chi connectivity index (χ4n) is 2.28. The summed E-state index contributed by atoms with van der Waals surface area (Å²) in [6, 6.07) is 13.6. The summed E-state index contributed by atoms with van der Waals surface area (Å²) in [7, 11) is 0. The molecule has 126 valence electrons. The van der Waals surface area contributed by atoms with Crippen molar-refractivity contribution in [3.8, 4) is 11.3 Å². The van der Waals surface area contributed by atoms with Crippen molar-refractivity contribution in [1.29, 1.82) is 0 Å². The van der Waals surface area contributed by atoms with Crippen LogP contribution in [0.3, 0.4) is 0 Å². The van der Waals surface area contributed by atoms with Gasteiger partial charge in [-0.05, 0) is 36.2 Å². The summed E-state index contributed by atoms with van der Waals surface area (Å²) in [4.78, 5) is 26.9. The number of aryl methyl sites for hydroxylation is 1. The highest BCUT2D eigenvalue weighted by molar-refractivity contribution is 7.14. The molecule has 1 amide bonds. The number of benzene rings is 2. The molecule has 0 spiro atoms. The molecule has 0 aliphatic rings. The van der Waals surface area contributed by atoms with Gasteiger partial charge < -0.3 is 0 Å². The van der Waals surface area contributed by atoms with Crippen LogP contribution in [0, 0.1) is 10.1 Å². The molecule has 0 unspecified atom stereocenters. The molecule has 6 nitrogen and oxygen atoms in total. The number of nitro benzene ring substituents is 1. The molecule has 1 heterocycles. The number of nitro groups is 1. The van der Waals surface area contributed by atoms with E-state index in [0.717, 1.165) is 12.0 Å². The average molecular weight is 353 g/mol. The van der Waals surface area contributed by atoms with Crippen molar-refractivity contribution < 1.29 is 9.72 Å². The Kier molecular flexibility index (Phi) is 4.85. The van der Waals surface area contributed by atoms with Crippen LogP contribution in [-0.4, -0.2) is 15.8 Å². The predicted molar refractivity (Wildman–Crippen MR) is 98.0 cm³/mol. The molecule has 0 atom stereocenters. The number of thiazole rings is 1. The van der Waals surface area contributed by atoms with Crippen LogP contribution in [0.1, 0.15) is 22.8 Å². The first kappa shape index (κ1) is 16.8. The van der Waals surface area contributed by atoms with Gasteiger partial charge in [0.15, 0.2) is 5.13 Å². The Bertz CT molecular complexity index is 902. The number of hydrogen-bond acceptors (Lipinski definition) is 5. The molecular formula is C18H15N3O3S. The Morgan fingerprint density at radius 2 is 1.84 bits per heavy atom. The van der Waals surface area contributed by atoms with E-state index in [9.17, 15) is 14.9 Å². The molecule has 25 heavy (non-hydrogen) atoms. The third kappa shape index (κ3) is 3.89. The Morgan fingerprint density at radius 3 is 2.44 bits per heavy atom. The van der Waals surface area contributed by atoms with E-state index in [1.807, 2.05) is 12.1 Å². The second-order valence-corrected chi connectivity index (χ2v) is 6.20. The molecule has 0 aliphatic carbocycles. The summed E-state index contributed by atoms with van der Waals surface area (Å²) in [5, 5.41) is 15.8. The highest BCUT2D eigenvalue weighted by Crippen LogP contribution is 2.26. The average Bonchev–Trinajstić information content (AvgIpc) is 3.10. The van der Waals surface area contributed by atoms with Crippen molar-refractivity contribution >= 4 is 28.1 Å². The zero-order valence-corrected chi connectivity index (χ0v) is 14.2. The first-order valence-corrected chi connectivity index (χ1v) is 8.55. The monoisotopic (exact) mass is 353 g/mol. The molecule has 1 aromatic heterocycles. The maximum Gasteiger partial charge on any atom is 0.269 e. The maximum absolute atomic E-state index is 12.3. The largest absolute Gasteiger partial charge is 0.298 e. The van der Waals surface area contributed by atoms with E-state index in [2.05, 4.69) is 17.2 Å². The van der Waals surface area contributed by atoms with E-state index in [-0.39, 0.29) is 11.6 Å². The van der Waals surface area contributed by atoms with Gasteiger partial charge in [-0.1, -0.05) is 19.1 Å². The molecule has 0 bridgehead atoms. The minimum absolute atomic E-state index is 0.0306. The number of nitrogens with zero attached hydrogens (tertiary/aromatic N) is 2. The summed E-state index contributed by atoms with van der Waals surface area (Å²) >= 11 is 1.31. The van der Waals surface area contributed by atoms with Gasteiger partial charge in [0.05, 0.1) is 10.6 Å². The Labute approximate surface area is 148 Å². The fraction of sp³-hybridized carbons (Fsp3) is 0.111. The van der Waals surface area contributed by atoms with Crippen molar-refractivity contribution in [2.24, 2.45) is 0 Å². The van der Waals surface area contributed by atoms with E-state index in [1.54, 1.807) is 29.6 Å². The van der Waals surface area contributed by atoms with Crippen LogP contribution in [0.15, 0.2) is 53.9 Å². The topological polar surface area (TPSA) is 85.1 Å². The van der Waals surface area contributed by atoms with Crippen molar-refractivity contribution in [2.75, 3.05) is 5.32 Å². The lowest BCUT2D eigenvalue weighted by atomic mass is 10.1. The van der Waals surface area contributed by atoms with Crippen LogP contribution >= 0.6 is 11.3 Å². The number of carbonyl (C=O) groups excluding carboxylic acids is 1. The summed E-state index contributed by atoms with van der Waals surface area (Å²) in [5.74, 6) is -0.216. The minimum Gasteiger partial charge on any atom is -0.298 e. The predicted octanol–water partition coefficient (Wildman–Crippen LogP) is 4.53. The number of anilines is 1. The second kappa shape index (κ2) is 7.23. The van der Waals surface area contributed by atoms with Gasteiger partial charge in [-0.15, -0.1) is 11.3 Å². The third-order valence-electron chi connectivity index (χ3n) is 3.72. The molecule has 0 aliphatic heterocycles. The first-order valence-electron chi connectivity index (χ1n) is 7.67. The second-order valence-electron chi connectivity index (χ2n) is 5.35. The molecule has 7 heteroatoms. The number of hydrogen-bond donors (Lipinski definition) is 1. The van der Waals surface area contributed by atoms with Crippen molar-refractivity contribution in [3.63, 3.8) is 0 Å². The van der Waals surface area contributed by atoms with E-state index in [1.165, 1.54) is 29.0 Å². The summed E-state index contributed by atoms with van der Waals surface area (Å²) in [6.45, 7) is 2.06. The highest BCUT2D eigenvalue weighted by atomic mass is 32.1. The lowest BCUT2D eigenvalue weighted by molar-refractivity contribution is -0.384. The van der Waals surface area contributed by atoms with Gasteiger partial charge in [0, 0.05) is 28.6 Å². The van der Waals surface area contributed by atoms with Gasteiger partial charge >= 0.3 is 0 Å². The number of rotatable bonds is 5. The van der Waals surface area contributed by atoms with Crippen LogP contribution in [0.2, 0.25) is 0 Å². The third-order valence-corrected chi connectivity index (χ3v) is 4.48. The van der Waals surface area contributed by atoms with Crippen molar-refractivity contribution in [3.05, 3.63) is 75.2 Å². The molecule has 3 rings (SSSR count). The molecule has 0 saturated carbocycles. The zero-order valence-electron chi connectivity index (χ0n) is 13.4. The van der Waals surface area contributed by atoms with Gasteiger partial charge in [0.1, 0.15) is 0 Å². The number of carbonyl (C=O) groups is 1. The number of nitrogens with one attached hydrogen (secondary N) is 1. The van der Waals surface area contributed by atoms with Gasteiger partial charge in [0.2, 0.25) is 0 Å². The quantitative estimate of drug-likeness (QED) is 0.539. The SMILES string of the molecule is CCc1ccc(C(=O)Nc2nc(-c3ccc([N+](=O)[O-])cc3)cs2)cc1. The molecule has 1 N–H and O–H groups in total. The molecule has 0 fully saturated rings. The number of amides is 1. The molecular weight excluding hydrogens is 338 g/mol. The lowest BCUT2D eigenvalue weighted by Gasteiger charge is -2.03. The van der Waals surface area contributed by atoms with Gasteiger partial charge in [0.25, 0.3) is 11.6 Å². The molecule has 2 aromatic carbocycles. The summed E-state index contributed by atoms with van der Waals surface area (Å²) in [6.07, 6.45) is 0.924. The fourth-order valence-corrected chi connectivity index (χ4v) is 2.99. The normalized spacial score (nSPS) is 10.4. The maximum atomic E-state index is 12.3. The number of non-ortho nitro benzene ring substituents is 1. The van der Waals surface area contributed by atoms with Crippen LogP contribution in [-0.2, 0) is 6.42 Å². The van der Waals surface area contributed by atoms with Gasteiger partial charge in [-0.3, -0.25) is 20.2 Å². The smallest absolute Gasteiger partial charge is 0.269 e. The van der Waals surface area contributed by atoms with Crippen LogP contribution in [0.4, 0.5) is 10.8 Å². The standard InChI is InChI=1S/C18H15N3O3S/c1-2-12-3-5-14(6-4-12)17(22)20-18-19-16(11-25-18)13-7-9-15(10-8-13)21(23)24/h3-11H,2H2,1H3,(H,19,20,22). The van der Waals surface area contributed by atoms with E-state index >= 15 is 0 Å². The van der Waals surface area contributed by atoms with Crippen LogP contribution < -0.4 is 5.32 Å². The van der Waals surface area contributed by atoms with E-state index in [4.69, 9.17) is 0 Å². The van der Waals surface area contributed by atoms with Crippen LogP contribution in [0.5, 0.6) is 0 Å². The van der Waals surface area contributed by atoms with Crippen molar-refractivity contribution in [2.45, 2.75) is 13.3 Å². The van der Waals surface area contributed by atoms with Gasteiger partial charge in [-0.2, -0.15) is 0 Å². The molecule has 3 aromatic rings. The minimum atomic E-state index is -0.444. The van der Waals surface area contributed by atoms with Crippen molar-refractivity contribution in [1.82, 2.24) is 4.98 Å². The Morgan fingerprint density at radius 1 is 1.16 bits per heavy atom. The van der Waals surface area contributed by atoms with E-state index < -0.39 is 4.92 Å². The van der Waals surface area contributed by atoms with Gasteiger partial charge in [-0.25, -0.2) is 4.98 Å². The summed E-state index contributed by atoms with van der Waals surface area (Å²) < 4.78 is 0. The highest BCUT2D eigenvalue weighted by Gasteiger charge is 2.11. The first-order chi connectivity index (χ1) is 12.1. The summed E-state index contributed by atoms with van der Waals surface area (Å²) in [5.41, 5.74) is 3.20. The van der Waals surface area contributed by atoms with Crippen LogP contribution in [0.25, 0.3) is 11.3 Å². The Hall–Kier alpha value is -3.06. The molecule has 0 radical (unpaired) electrons. The zero-order chi connectivity index (χ0) is 17.8. The number of aromatic nitrogens is 1. The lowest BCUT2D eigenvalue weighted by Crippen LogP contribution is -2.11.